The highest BCUT2D eigenvalue weighted by Gasteiger charge is 2.33. The largest absolute Gasteiger partial charge is 0.377 e. The van der Waals surface area contributed by atoms with E-state index in [-0.39, 0.29) is 68.7 Å². The van der Waals surface area contributed by atoms with E-state index in [9.17, 15) is 33.9 Å². The first kappa shape index (κ1) is 43.2. The number of nitrogens with zero attached hydrogens (tertiary/aromatic N) is 3. The standard InChI is InChI=1S/C30H52N14O7S/c31-16-5-1-2-10-37-22(46)15-20(44-26(50)19(42-24(16)48)8-9-21(32)45)27(51)43-18(7-4-12-40-30(35)36)25(49)41-17(6-3-11-39-29(33)34)23(47)28-38-13-14-52-28/h13-14,16-20,24,42,48H,1-12,15,31H2,(H2,32,45)(H,37,46)(H,41,49)(H,43,51)(H,44,50)(H4,33,34,39)(H4,35,36,40)/t16-,17-,18-,19-,20-,24?/m0/s1. The molecule has 6 atom stereocenters. The molecule has 1 aromatic rings. The minimum Gasteiger partial charge on any atom is -0.377 e. The van der Waals surface area contributed by atoms with Gasteiger partial charge in [-0.3, -0.25) is 44.1 Å². The number of aliphatic hydroxyl groups is 1. The predicted octanol–water partition coefficient (Wildman–Crippen LogP) is -4.55. The molecule has 1 fully saturated rings. The number of aliphatic imine (C=N–C) groups is 2. The van der Waals surface area contributed by atoms with E-state index in [0.29, 0.717) is 25.7 Å². The third-order valence-electron chi connectivity index (χ3n) is 7.88. The zero-order valence-electron chi connectivity index (χ0n) is 28.9. The summed E-state index contributed by atoms with van der Waals surface area (Å²) in [6.07, 6.45) is 1.27. The van der Waals surface area contributed by atoms with Gasteiger partial charge >= 0.3 is 0 Å². The number of thiazole rings is 1. The summed E-state index contributed by atoms with van der Waals surface area (Å²) in [5, 5.41) is 25.6. The number of carbonyl (C=O) groups is 6. The molecule has 1 aliphatic heterocycles. The number of amides is 5. The molecule has 1 aromatic heterocycles. The molecule has 2 heterocycles. The fraction of sp³-hybridized carbons (Fsp3) is 0.633. The van der Waals surface area contributed by atoms with Crippen LogP contribution < -0.4 is 61.0 Å². The number of aromatic nitrogens is 1. The molecule has 22 heteroatoms. The van der Waals surface area contributed by atoms with Crippen molar-refractivity contribution in [2.45, 2.75) is 101 Å². The highest BCUT2D eigenvalue weighted by Crippen LogP contribution is 2.13. The quantitative estimate of drug-likeness (QED) is 0.0309. The molecule has 290 valence electrons. The number of primary amides is 1. The van der Waals surface area contributed by atoms with Crippen LogP contribution in [0.1, 0.15) is 74.0 Å². The summed E-state index contributed by atoms with van der Waals surface area (Å²) < 4.78 is 0. The van der Waals surface area contributed by atoms with Crippen molar-refractivity contribution in [1.82, 2.24) is 31.6 Å². The molecular formula is C30H52N14O7S. The molecule has 18 N–H and O–H groups in total. The Bertz CT molecular complexity index is 1400. The highest BCUT2D eigenvalue weighted by atomic mass is 32.1. The van der Waals surface area contributed by atoms with Crippen molar-refractivity contribution < 1.29 is 33.9 Å². The van der Waals surface area contributed by atoms with Gasteiger partial charge in [0, 0.05) is 43.7 Å². The van der Waals surface area contributed by atoms with Crippen LogP contribution in [-0.2, 0) is 24.0 Å². The zero-order chi connectivity index (χ0) is 38.6. The van der Waals surface area contributed by atoms with Gasteiger partial charge in [-0.15, -0.1) is 11.3 Å². The van der Waals surface area contributed by atoms with Crippen LogP contribution in [0.4, 0.5) is 0 Å². The molecule has 1 unspecified atom stereocenters. The lowest BCUT2D eigenvalue weighted by Crippen LogP contribution is -2.60. The lowest BCUT2D eigenvalue weighted by atomic mass is 10.0. The molecular weight excluding hydrogens is 700 g/mol. The van der Waals surface area contributed by atoms with Crippen LogP contribution in [-0.4, -0.2) is 113 Å². The highest BCUT2D eigenvalue weighted by molar-refractivity contribution is 7.11. The molecule has 0 aliphatic carbocycles. The second-order valence-electron chi connectivity index (χ2n) is 12.2. The second-order valence-corrected chi connectivity index (χ2v) is 13.1. The van der Waals surface area contributed by atoms with Crippen molar-refractivity contribution in [3.05, 3.63) is 16.6 Å². The Balaban J connectivity index is 2.37. The number of aliphatic hydroxyl groups excluding tert-OH is 1. The van der Waals surface area contributed by atoms with Gasteiger partial charge in [0.05, 0.1) is 18.5 Å². The average Bonchev–Trinajstić information content (AvgIpc) is 3.62. The molecule has 1 aliphatic rings. The first-order chi connectivity index (χ1) is 24.7. The molecule has 52 heavy (non-hydrogen) atoms. The topological polar surface area (TPSA) is 377 Å². The number of nitrogens with one attached hydrogen (secondary N) is 5. The number of hydrogen-bond donors (Lipinski definition) is 12. The molecule has 0 radical (unpaired) electrons. The van der Waals surface area contributed by atoms with Gasteiger partial charge in [-0.2, -0.15) is 0 Å². The third-order valence-corrected chi connectivity index (χ3v) is 8.67. The Morgan fingerprint density at radius 1 is 0.981 bits per heavy atom. The van der Waals surface area contributed by atoms with E-state index in [0.717, 1.165) is 11.3 Å². The number of nitrogens with two attached hydrogens (primary N) is 6. The lowest BCUT2D eigenvalue weighted by Gasteiger charge is -2.28. The average molecular weight is 753 g/mol. The normalized spacial score (nSPS) is 21.2. The van der Waals surface area contributed by atoms with E-state index in [1.807, 2.05) is 0 Å². The fourth-order valence-corrected chi connectivity index (χ4v) is 5.75. The van der Waals surface area contributed by atoms with E-state index >= 15 is 0 Å². The Morgan fingerprint density at radius 2 is 1.63 bits per heavy atom. The zero-order valence-corrected chi connectivity index (χ0v) is 29.7. The van der Waals surface area contributed by atoms with Crippen LogP contribution >= 0.6 is 11.3 Å². The number of hydrogen-bond acceptors (Lipinski definition) is 13. The molecule has 2 rings (SSSR count). The Hall–Kier alpha value is -4.93. The minimum atomic E-state index is -1.51. The summed E-state index contributed by atoms with van der Waals surface area (Å²) >= 11 is 1.09. The van der Waals surface area contributed by atoms with Crippen molar-refractivity contribution in [2.75, 3.05) is 19.6 Å². The van der Waals surface area contributed by atoms with Gasteiger partial charge in [-0.05, 0) is 44.9 Å². The maximum Gasteiger partial charge on any atom is 0.243 e. The van der Waals surface area contributed by atoms with E-state index in [2.05, 4.69) is 41.6 Å². The van der Waals surface area contributed by atoms with Crippen LogP contribution in [0.15, 0.2) is 21.6 Å². The molecule has 0 bridgehead atoms. The summed E-state index contributed by atoms with van der Waals surface area (Å²) in [4.78, 5) is 90.8. The summed E-state index contributed by atoms with van der Waals surface area (Å²) in [6, 6.07) is -5.88. The second kappa shape index (κ2) is 22.8. The van der Waals surface area contributed by atoms with Gasteiger partial charge in [0.1, 0.15) is 18.3 Å². The van der Waals surface area contributed by atoms with E-state index in [4.69, 9.17) is 34.4 Å². The maximum absolute atomic E-state index is 13.8. The van der Waals surface area contributed by atoms with Crippen LogP contribution in [0.2, 0.25) is 0 Å². The fourth-order valence-electron chi connectivity index (χ4n) is 5.12. The number of rotatable bonds is 17. The SMILES string of the molecule is NC(=O)CC[C@@H]1NC(O)[C@@H](N)CCCCNC(=O)C[C@@H](C(=O)N[C@@H](CCCN=C(N)N)C(=O)N[C@@H](CCCN=C(N)N)C(=O)c2nccs2)NC1=O. The van der Waals surface area contributed by atoms with Crippen molar-refractivity contribution in [3.63, 3.8) is 0 Å². The van der Waals surface area contributed by atoms with Gasteiger partial charge in [0.2, 0.25) is 35.3 Å². The van der Waals surface area contributed by atoms with E-state index in [1.165, 1.54) is 6.20 Å². The first-order valence-corrected chi connectivity index (χ1v) is 17.8. The molecule has 0 spiro atoms. The van der Waals surface area contributed by atoms with Gasteiger partial charge in [-0.25, -0.2) is 4.98 Å². The van der Waals surface area contributed by atoms with Gasteiger partial charge in [-0.1, -0.05) is 6.42 Å². The Labute approximate surface area is 304 Å². The predicted molar refractivity (Wildman–Crippen MR) is 193 cm³/mol. The number of guanidine groups is 2. The van der Waals surface area contributed by atoms with Crippen molar-refractivity contribution in [3.8, 4) is 0 Å². The van der Waals surface area contributed by atoms with E-state index in [1.54, 1.807) is 5.38 Å². The number of ketones is 1. The summed E-state index contributed by atoms with van der Waals surface area (Å²) in [5.74, 6) is -4.54. The minimum absolute atomic E-state index is 0.0136. The number of carbonyl (C=O) groups excluding carboxylic acids is 6. The van der Waals surface area contributed by atoms with Crippen LogP contribution in [0.3, 0.4) is 0 Å². The molecule has 5 amide bonds. The molecule has 1 saturated heterocycles. The van der Waals surface area contributed by atoms with Crippen LogP contribution in [0, 0.1) is 0 Å². The first-order valence-electron chi connectivity index (χ1n) is 16.9. The molecule has 21 nitrogen and oxygen atoms in total. The monoisotopic (exact) mass is 752 g/mol. The van der Waals surface area contributed by atoms with Gasteiger partial charge in [0.25, 0.3) is 0 Å². The van der Waals surface area contributed by atoms with Gasteiger partial charge < -0.3 is 60.8 Å². The van der Waals surface area contributed by atoms with Gasteiger partial charge in [0.15, 0.2) is 16.9 Å². The lowest BCUT2D eigenvalue weighted by molar-refractivity contribution is -0.135. The molecule has 0 aromatic carbocycles. The summed E-state index contributed by atoms with van der Waals surface area (Å²) in [5.41, 5.74) is 33.1. The van der Waals surface area contributed by atoms with Crippen molar-refractivity contribution in [1.29, 1.82) is 0 Å². The van der Waals surface area contributed by atoms with E-state index < -0.39 is 78.2 Å². The van der Waals surface area contributed by atoms with Crippen LogP contribution in [0.5, 0.6) is 0 Å². The maximum atomic E-state index is 13.8. The van der Waals surface area contributed by atoms with Crippen molar-refractivity contribution in [2.24, 2.45) is 44.4 Å². The summed E-state index contributed by atoms with van der Waals surface area (Å²) in [6.45, 7) is 0.522. The summed E-state index contributed by atoms with van der Waals surface area (Å²) in [7, 11) is 0. The Kier molecular flexibility index (Phi) is 19.0. The third kappa shape index (κ3) is 16.4. The van der Waals surface area contributed by atoms with Crippen LogP contribution in [0.25, 0.3) is 0 Å². The Morgan fingerprint density at radius 3 is 2.23 bits per heavy atom. The smallest absolute Gasteiger partial charge is 0.243 e. The molecule has 0 saturated carbocycles. The van der Waals surface area contributed by atoms with Crippen molar-refractivity contribution >= 4 is 58.6 Å². The number of Topliss-reactive ketones (excluding diaryl/α,β-unsaturated/α-hetero) is 1.